The highest BCUT2D eigenvalue weighted by molar-refractivity contribution is 6.31. The number of aromatic nitrogens is 1. The largest absolute Gasteiger partial charge is 0.440 e. The third-order valence-electron chi connectivity index (χ3n) is 6.12. The van der Waals surface area contributed by atoms with E-state index in [1.807, 2.05) is 30.3 Å². The summed E-state index contributed by atoms with van der Waals surface area (Å²) < 4.78 is 6.02. The highest BCUT2D eigenvalue weighted by atomic mass is 35.5. The normalized spacial score (nSPS) is 23.6. The first-order valence-electron chi connectivity index (χ1n) is 9.96. The van der Waals surface area contributed by atoms with Gasteiger partial charge in [0.05, 0.1) is 0 Å². The number of rotatable bonds is 3. The summed E-state index contributed by atoms with van der Waals surface area (Å²) in [4.78, 5) is 9.77. The van der Waals surface area contributed by atoms with Crippen molar-refractivity contribution < 1.29 is 4.42 Å². The third-order valence-corrected chi connectivity index (χ3v) is 6.59. The van der Waals surface area contributed by atoms with Gasteiger partial charge in [-0.05, 0) is 55.7 Å². The molecule has 1 aromatic heterocycles. The average molecular weight is 416 g/mol. The van der Waals surface area contributed by atoms with Crippen LogP contribution in [-0.2, 0) is 0 Å². The first kappa shape index (κ1) is 18.3. The van der Waals surface area contributed by atoms with E-state index in [0.717, 1.165) is 61.0 Å². The molecule has 2 unspecified atom stereocenters. The Kier molecular flexibility index (Phi) is 4.95. The summed E-state index contributed by atoms with van der Waals surface area (Å²) in [6.07, 6.45) is 3.47. The molecule has 6 heteroatoms. The smallest absolute Gasteiger partial charge is 0.198 e. The molecule has 0 bridgehead atoms. The minimum absolute atomic E-state index is 0.405. The van der Waals surface area contributed by atoms with Crippen molar-refractivity contribution in [2.45, 2.75) is 31.2 Å². The van der Waals surface area contributed by atoms with Gasteiger partial charge in [-0.1, -0.05) is 29.3 Å². The lowest BCUT2D eigenvalue weighted by Crippen LogP contribution is -2.49. The Morgan fingerprint density at radius 2 is 1.75 bits per heavy atom. The SMILES string of the molecule is Clc1cccc(N2CCN(C3CCC(c4nc5cc(Cl)ccc5o4)C3)CC2)c1. The summed E-state index contributed by atoms with van der Waals surface area (Å²) in [5, 5.41) is 1.51. The molecule has 1 aliphatic heterocycles. The molecule has 1 saturated carbocycles. The zero-order valence-corrected chi connectivity index (χ0v) is 17.2. The Balaban J connectivity index is 1.22. The lowest BCUT2D eigenvalue weighted by atomic mass is 10.1. The minimum atomic E-state index is 0.405. The molecule has 3 aromatic rings. The number of hydrogen-bond acceptors (Lipinski definition) is 4. The van der Waals surface area contributed by atoms with Crippen molar-refractivity contribution in [1.82, 2.24) is 9.88 Å². The first-order chi connectivity index (χ1) is 13.7. The molecule has 0 spiro atoms. The zero-order valence-electron chi connectivity index (χ0n) is 15.7. The molecule has 1 saturated heterocycles. The number of anilines is 1. The van der Waals surface area contributed by atoms with Crippen LogP contribution in [0, 0.1) is 0 Å². The van der Waals surface area contributed by atoms with Crippen LogP contribution in [-0.4, -0.2) is 42.1 Å². The van der Waals surface area contributed by atoms with E-state index in [9.17, 15) is 0 Å². The Morgan fingerprint density at radius 3 is 2.57 bits per heavy atom. The van der Waals surface area contributed by atoms with Crippen LogP contribution >= 0.6 is 23.2 Å². The lowest BCUT2D eigenvalue weighted by Gasteiger charge is -2.39. The molecule has 0 radical (unpaired) electrons. The summed E-state index contributed by atoms with van der Waals surface area (Å²) in [6, 6.07) is 14.4. The molecule has 5 rings (SSSR count). The lowest BCUT2D eigenvalue weighted by molar-refractivity contribution is 0.185. The molecule has 28 heavy (non-hydrogen) atoms. The molecular weight excluding hydrogens is 393 g/mol. The van der Waals surface area contributed by atoms with E-state index in [-0.39, 0.29) is 0 Å². The summed E-state index contributed by atoms with van der Waals surface area (Å²) in [5.41, 5.74) is 2.92. The summed E-state index contributed by atoms with van der Waals surface area (Å²) in [6.45, 7) is 4.27. The Morgan fingerprint density at radius 1 is 0.929 bits per heavy atom. The van der Waals surface area contributed by atoms with Gasteiger partial charge in [0.25, 0.3) is 0 Å². The van der Waals surface area contributed by atoms with E-state index in [2.05, 4.69) is 21.9 Å². The quantitative estimate of drug-likeness (QED) is 0.557. The maximum atomic E-state index is 6.15. The van der Waals surface area contributed by atoms with Gasteiger partial charge < -0.3 is 9.32 Å². The number of oxazole rings is 1. The maximum absolute atomic E-state index is 6.15. The number of piperazine rings is 1. The first-order valence-corrected chi connectivity index (χ1v) is 10.7. The molecule has 4 nitrogen and oxygen atoms in total. The fourth-order valence-electron chi connectivity index (χ4n) is 4.62. The van der Waals surface area contributed by atoms with E-state index in [4.69, 9.17) is 32.6 Å². The van der Waals surface area contributed by atoms with Gasteiger partial charge >= 0.3 is 0 Å². The van der Waals surface area contributed by atoms with Crippen LogP contribution < -0.4 is 4.90 Å². The van der Waals surface area contributed by atoms with Gasteiger partial charge in [-0.25, -0.2) is 4.98 Å². The van der Waals surface area contributed by atoms with Crippen molar-refractivity contribution in [2.24, 2.45) is 0 Å². The van der Waals surface area contributed by atoms with Crippen molar-refractivity contribution in [3.8, 4) is 0 Å². The van der Waals surface area contributed by atoms with Crippen LogP contribution in [0.1, 0.15) is 31.1 Å². The Labute approximate surface area is 175 Å². The van der Waals surface area contributed by atoms with Gasteiger partial charge in [-0.15, -0.1) is 0 Å². The van der Waals surface area contributed by atoms with Crippen LogP contribution in [0.3, 0.4) is 0 Å². The van der Waals surface area contributed by atoms with E-state index < -0.39 is 0 Å². The molecule has 2 atom stereocenters. The molecule has 2 aromatic carbocycles. The third kappa shape index (κ3) is 3.61. The van der Waals surface area contributed by atoms with E-state index in [1.165, 1.54) is 12.1 Å². The highest BCUT2D eigenvalue weighted by Gasteiger charge is 2.34. The number of nitrogens with zero attached hydrogens (tertiary/aromatic N) is 3. The molecule has 0 N–H and O–H groups in total. The van der Waals surface area contributed by atoms with Crippen LogP contribution in [0.4, 0.5) is 5.69 Å². The second-order valence-electron chi connectivity index (χ2n) is 7.83. The molecule has 1 aliphatic carbocycles. The highest BCUT2D eigenvalue weighted by Crippen LogP contribution is 2.38. The van der Waals surface area contributed by atoms with E-state index in [0.29, 0.717) is 17.0 Å². The van der Waals surface area contributed by atoms with Crippen molar-refractivity contribution in [3.63, 3.8) is 0 Å². The van der Waals surface area contributed by atoms with E-state index in [1.54, 1.807) is 0 Å². The van der Waals surface area contributed by atoms with E-state index >= 15 is 0 Å². The van der Waals surface area contributed by atoms with Crippen LogP contribution in [0.15, 0.2) is 46.9 Å². The second-order valence-corrected chi connectivity index (χ2v) is 8.70. The van der Waals surface area contributed by atoms with Gasteiger partial charge in [0.2, 0.25) is 0 Å². The van der Waals surface area contributed by atoms with Crippen molar-refractivity contribution >= 4 is 40.0 Å². The molecule has 2 fully saturated rings. The molecule has 146 valence electrons. The van der Waals surface area contributed by atoms with Crippen LogP contribution in [0.25, 0.3) is 11.1 Å². The van der Waals surface area contributed by atoms with Crippen molar-refractivity contribution in [3.05, 3.63) is 58.4 Å². The standard InChI is InChI=1S/C22H23Cl2N3O/c23-16-2-1-3-18(13-16)26-8-10-27(11-9-26)19-6-4-15(12-19)22-25-20-14-17(24)5-7-21(20)28-22/h1-3,5,7,13-15,19H,4,6,8-12H2. The summed E-state index contributed by atoms with van der Waals surface area (Å²) >= 11 is 12.2. The summed E-state index contributed by atoms with van der Waals surface area (Å²) in [5.74, 6) is 1.28. The fourth-order valence-corrected chi connectivity index (χ4v) is 4.98. The van der Waals surface area contributed by atoms with Crippen LogP contribution in [0.2, 0.25) is 10.0 Å². The minimum Gasteiger partial charge on any atom is -0.440 e. The fraction of sp³-hybridized carbons (Fsp3) is 0.409. The molecular formula is C22H23Cl2N3O. The number of halogens is 2. The summed E-state index contributed by atoms with van der Waals surface area (Å²) in [7, 11) is 0. The number of fused-ring (bicyclic) bond motifs is 1. The van der Waals surface area contributed by atoms with Crippen LogP contribution in [0.5, 0.6) is 0 Å². The topological polar surface area (TPSA) is 32.5 Å². The number of hydrogen-bond donors (Lipinski definition) is 0. The molecule has 2 heterocycles. The van der Waals surface area contributed by atoms with Gasteiger partial charge in [0.15, 0.2) is 11.5 Å². The van der Waals surface area contributed by atoms with Crippen molar-refractivity contribution in [2.75, 3.05) is 31.1 Å². The van der Waals surface area contributed by atoms with Gasteiger partial charge in [-0.3, -0.25) is 4.90 Å². The predicted molar refractivity (Wildman–Crippen MR) is 115 cm³/mol. The molecule has 2 aliphatic rings. The van der Waals surface area contributed by atoms with Gasteiger partial charge in [-0.2, -0.15) is 0 Å². The number of benzene rings is 2. The van der Waals surface area contributed by atoms with Gasteiger partial charge in [0, 0.05) is 53.9 Å². The van der Waals surface area contributed by atoms with Gasteiger partial charge in [0.1, 0.15) is 5.52 Å². The average Bonchev–Trinajstić information content (AvgIpc) is 3.35. The Bertz CT molecular complexity index is 981. The Hall–Kier alpha value is -1.75. The second kappa shape index (κ2) is 7.58. The predicted octanol–water partition coefficient (Wildman–Crippen LogP) is 5.59. The monoisotopic (exact) mass is 415 g/mol. The van der Waals surface area contributed by atoms with Crippen molar-refractivity contribution in [1.29, 1.82) is 0 Å². The molecule has 0 amide bonds. The zero-order chi connectivity index (χ0) is 19.1. The maximum Gasteiger partial charge on any atom is 0.198 e.